The van der Waals surface area contributed by atoms with Gasteiger partial charge in [0.05, 0.1) is 18.1 Å². The highest BCUT2D eigenvalue weighted by molar-refractivity contribution is 6.83. The van der Waals surface area contributed by atoms with Crippen LogP contribution < -0.4 is 4.57 Å². The van der Waals surface area contributed by atoms with E-state index in [9.17, 15) is 0 Å². The van der Waals surface area contributed by atoms with Gasteiger partial charge < -0.3 is 4.57 Å². The van der Waals surface area contributed by atoms with Crippen molar-refractivity contribution in [3.63, 3.8) is 0 Å². The molecule has 1 fully saturated rings. The lowest BCUT2D eigenvalue weighted by molar-refractivity contribution is 0.959. The van der Waals surface area contributed by atoms with E-state index in [0.717, 1.165) is 0 Å². The molecule has 0 radical (unpaired) electrons. The second-order valence-corrected chi connectivity index (χ2v) is 9.19. The van der Waals surface area contributed by atoms with Gasteiger partial charge in [-0.3, -0.25) is 0 Å². The van der Waals surface area contributed by atoms with Gasteiger partial charge in [0.15, 0.2) is 8.24 Å². The number of aromatic nitrogens is 2. The quantitative estimate of drug-likeness (QED) is 0.735. The van der Waals surface area contributed by atoms with Gasteiger partial charge in [0.1, 0.15) is 0 Å². The first kappa shape index (κ1) is 10.6. The zero-order chi connectivity index (χ0) is 10.7. The van der Waals surface area contributed by atoms with Crippen molar-refractivity contribution in [1.29, 1.82) is 0 Å². The highest BCUT2D eigenvalue weighted by Crippen LogP contribution is 2.36. The minimum Gasteiger partial charge on any atom is -0.396 e. The number of rotatable bonds is 3. The van der Waals surface area contributed by atoms with Crippen LogP contribution in [0.5, 0.6) is 0 Å². The van der Waals surface area contributed by atoms with E-state index in [-0.39, 0.29) is 0 Å². The van der Waals surface area contributed by atoms with Crippen LogP contribution in [-0.4, -0.2) is 25.0 Å². The van der Waals surface area contributed by atoms with E-state index >= 15 is 0 Å². The average Bonchev–Trinajstić information content (AvgIpc) is 2.74. The summed E-state index contributed by atoms with van der Waals surface area (Å²) in [4.78, 5) is 0. The highest BCUT2D eigenvalue weighted by Gasteiger charge is 2.40. The molecule has 0 aromatic carbocycles. The molecule has 0 atom stereocenters. The summed E-state index contributed by atoms with van der Waals surface area (Å²) in [6, 6.07) is 6.26. The summed E-state index contributed by atoms with van der Waals surface area (Å²) in [5.74, 6) is 0. The van der Waals surface area contributed by atoms with Crippen molar-refractivity contribution < 1.29 is 0 Å². The Labute approximate surface area is 92.6 Å². The third-order valence-electron chi connectivity index (χ3n) is 3.79. The molecule has 82 valence electrons. The molecule has 1 saturated heterocycles. The standard InChI is InChI=1S/C11H19N3Si/c1-3-15(4-2)9-5-8-14(15)11-6-7-12-13-10-11/h6-7,10H,3-5,8-9H2,1-2H3. The fraction of sp³-hybridized carbons (Fsp3) is 0.636. The van der Waals surface area contributed by atoms with Gasteiger partial charge in [0.2, 0.25) is 0 Å². The van der Waals surface area contributed by atoms with Crippen LogP contribution in [0.1, 0.15) is 20.3 Å². The lowest BCUT2D eigenvalue weighted by Crippen LogP contribution is -2.48. The molecule has 1 aromatic rings. The van der Waals surface area contributed by atoms with Gasteiger partial charge in [0.25, 0.3) is 0 Å². The SMILES string of the molecule is CC[Si]1(CC)CCCN1c1ccnnc1. The molecule has 3 nitrogen and oxygen atoms in total. The molecule has 2 heterocycles. The Morgan fingerprint density at radius 1 is 1.33 bits per heavy atom. The summed E-state index contributed by atoms with van der Waals surface area (Å²) < 4.78 is 2.65. The van der Waals surface area contributed by atoms with E-state index in [4.69, 9.17) is 0 Å². The maximum Gasteiger partial charge on any atom is 0.156 e. The summed E-state index contributed by atoms with van der Waals surface area (Å²) in [6.07, 6.45) is 5.08. The molecule has 0 amide bonds. The first-order chi connectivity index (χ1) is 7.32. The van der Waals surface area contributed by atoms with Gasteiger partial charge in [-0.2, -0.15) is 10.2 Å². The van der Waals surface area contributed by atoms with Crippen LogP contribution in [-0.2, 0) is 0 Å². The third-order valence-corrected chi connectivity index (χ3v) is 9.34. The molecule has 0 spiro atoms. The number of nitrogens with zero attached hydrogens (tertiary/aromatic N) is 3. The molecular weight excluding hydrogens is 202 g/mol. The molecule has 0 aliphatic carbocycles. The Hall–Kier alpha value is -0.903. The van der Waals surface area contributed by atoms with Gasteiger partial charge in [0, 0.05) is 6.54 Å². The summed E-state index contributed by atoms with van der Waals surface area (Å²) in [5, 5.41) is 7.85. The van der Waals surface area contributed by atoms with E-state index in [1.807, 2.05) is 6.20 Å². The second-order valence-electron chi connectivity index (χ2n) is 4.29. The Morgan fingerprint density at radius 3 is 2.73 bits per heavy atom. The fourth-order valence-corrected chi connectivity index (χ4v) is 7.14. The normalized spacial score (nSPS) is 19.5. The van der Waals surface area contributed by atoms with Crippen molar-refractivity contribution in [3.8, 4) is 0 Å². The fourth-order valence-electron chi connectivity index (χ4n) is 2.77. The predicted molar refractivity (Wildman–Crippen MR) is 65.5 cm³/mol. The maximum absolute atomic E-state index is 3.99. The Balaban J connectivity index is 2.29. The lowest BCUT2D eigenvalue weighted by Gasteiger charge is -2.36. The molecule has 1 aliphatic rings. The Kier molecular flexibility index (Phi) is 3.05. The third kappa shape index (κ3) is 1.78. The van der Waals surface area contributed by atoms with Crippen molar-refractivity contribution in [1.82, 2.24) is 10.2 Å². The van der Waals surface area contributed by atoms with Crippen LogP contribution >= 0.6 is 0 Å². The number of hydrogen-bond acceptors (Lipinski definition) is 3. The van der Waals surface area contributed by atoms with Gasteiger partial charge in [-0.25, -0.2) is 0 Å². The van der Waals surface area contributed by atoms with Crippen LogP contribution in [0.4, 0.5) is 5.69 Å². The zero-order valence-corrected chi connectivity index (χ0v) is 10.6. The highest BCUT2D eigenvalue weighted by atomic mass is 28.3. The van der Waals surface area contributed by atoms with Crippen molar-refractivity contribution in [2.75, 3.05) is 11.1 Å². The molecule has 0 saturated carbocycles. The van der Waals surface area contributed by atoms with Gasteiger partial charge in [-0.05, 0) is 30.6 Å². The summed E-state index contributed by atoms with van der Waals surface area (Å²) in [6.45, 7) is 5.92. The van der Waals surface area contributed by atoms with E-state index < -0.39 is 8.24 Å². The molecule has 1 aliphatic heterocycles. The molecule has 0 unspecified atom stereocenters. The van der Waals surface area contributed by atoms with E-state index in [2.05, 4.69) is 34.7 Å². The van der Waals surface area contributed by atoms with Crippen molar-refractivity contribution in [3.05, 3.63) is 18.5 Å². The van der Waals surface area contributed by atoms with Crippen LogP contribution in [0, 0.1) is 0 Å². The molecule has 1 aromatic heterocycles. The topological polar surface area (TPSA) is 29.0 Å². The van der Waals surface area contributed by atoms with Crippen molar-refractivity contribution >= 4 is 13.9 Å². The average molecular weight is 221 g/mol. The lowest BCUT2D eigenvalue weighted by atomic mass is 10.4. The van der Waals surface area contributed by atoms with Gasteiger partial charge >= 0.3 is 0 Å². The van der Waals surface area contributed by atoms with Crippen LogP contribution in [0.2, 0.25) is 18.1 Å². The minimum absolute atomic E-state index is 1.18. The van der Waals surface area contributed by atoms with Gasteiger partial charge in [-0.15, -0.1) is 0 Å². The van der Waals surface area contributed by atoms with E-state index in [1.54, 1.807) is 6.20 Å². The number of anilines is 1. The van der Waals surface area contributed by atoms with E-state index in [0.29, 0.717) is 0 Å². The largest absolute Gasteiger partial charge is 0.396 e. The molecule has 15 heavy (non-hydrogen) atoms. The van der Waals surface area contributed by atoms with Crippen LogP contribution in [0.15, 0.2) is 18.5 Å². The summed E-state index contributed by atoms with van der Waals surface area (Å²) >= 11 is 0. The van der Waals surface area contributed by atoms with Crippen molar-refractivity contribution in [2.24, 2.45) is 0 Å². The smallest absolute Gasteiger partial charge is 0.156 e. The minimum atomic E-state index is -1.18. The molecule has 2 rings (SSSR count). The molecule has 4 heteroatoms. The van der Waals surface area contributed by atoms with Crippen LogP contribution in [0.25, 0.3) is 0 Å². The number of hydrogen-bond donors (Lipinski definition) is 0. The molecular formula is C11H19N3Si. The second kappa shape index (κ2) is 4.31. The monoisotopic (exact) mass is 221 g/mol. The molecule has 0 N–H and O–H groups in total. The zero-order valence-electron chi connectivity index (χ0n) is 9.61. The Bertz CT molecular complexity index is 311. The van der Waals surface area contributed by atoms with Gasteiger partial charge in [-0.1, -0.05) is 13.8 Å². The summed E-state index contributed by atoms with van der Waals surface area (Å²) in [7, 11) is -1.18. The molecule has 0 bridgehead atoms. The first-order valence-corrected chi connectivity index (χ1v) is 8.43. The van der Waals surface area contributed by atoms with E-state index in [1.165, 1.54) is 36.8 Å². The van der Waals surface area contributed by atoms with Crippen LogP contribution in [0.3, 0.4) is 0 Å². The van der Waals surface area contributed by atoms with Crippen molar-refractivity contribution in [2.45, 2.75) is 38.4 Å². The maximum atomic E-state index is 3.99. The Morgan fingerprint density at radius 2 is 2.13 bits per heavy atom. The summed E-state index contributed by atoms with van der Waals surface area (Å²) in [5.41, 5.74) is 1.29. The predicted octanol–water partition coefficient (Wildman–Crippen LogP) is 2.67. The first-order valence-electron chi connectivity index (χ1n) is 5.87.